The molecule has 0 bridgehead atoms. The summed E-state index contributed by atoms with van der Waals surface area (Å²) in [5.74, 6) is -0.767. The number of hydrogen-bond donors (Lipinski definition) is 3. The topological polar surface area (TPSA) is 69.6 Å². The molecular formula is C13H25NO3S. The summed E-state index contributed by atoms with van der Waals surface area (Å²) in [6.45, 7) is 6.11. The molecule has 0 aliphatic heterocycles. The standard InChI is InChI=1S/C13H25NO3S/c1-9(6-7-15)18-10(2)8-13(3,12(16)17)14-11-4-5-11/h9-11,14-15H,4-8H2,1-3H3,(H,16,17). The molecule has 0 aromatic rings. The third-order valence-electron chi connectivity index (χ3n) is 3.27. The second kappa shape index (κ2) is 6.78. The van der Waals surface area contributed by atoms with E-state index < -0.39 is 11.5 Å². The van der Waals surface area contributed by atoms with Gasteiger partial charge in [0.15, 0.2) is 0 Å². The molecule has 1 rings (SSSR count). The average Bonchev–Trinajstić information content (AvgIpc) is 3.00. The number of hydrogen-bond acceptors (Lipinski definition) is 4. The van der Waals surface area contributed by atoms with E-state index in [0.29, 0.717) is 17.7 Å². The maximum atomic E-state index is 11.4. The minimum absolute atomic E-state index is 0.192. The first-order valence-electron chi connectivity index (χ1n) is 6.65. The maximum Gasteiger partial charge on any atom is 0.323 e. The van der Waals surface area contributed by atoms with Crippen molar-refractivity contribution in [1.29, 1.82) is 0 Å². The number of thioether (sulfide) groups is 1. The van der Waals surface area contributed by atoms with E-state index in [4.69, 9.17) is 5.11 Å². The minimum Gasteiger partial charge on any atom is -0.480 e. The van der Waals surface area contributed by atoms with Crippen molar-refractivity contribution in [3.8, 4) is 0 Å². The van der Waals surface area contributed by atoms with Gasteiger partial charge in [0, 0.05) is 23.1 Å². The van der Waals surface area contributed by atoms with Crippen LogP contribution >= 0.6 is 11.8 Å². The normalized spacial score (nSPS) is 22.2. The van der Waals surface area contributed by atoms with Crippen molar-refractivity contribution in [3.05, 3.63) is 0 Å². The number of aliphatic carboxylic acids is 1. The Morgan fingerprint density at radius 3 is 2.50 bits per heavy atom. The number of carbonyl (C=O) groups is 1. The van der Waals surface area contributed by atoms with Crippen molar-refractivity contribution in [1.82, 2.24) is 5.32 Å². The van der Waals surface area contributed by atoms with Gasteiger partial charge in [0.2, 0.25) is 0 Å². The van der Waals surface area contributed by atoms with Crippen molar-refractivity contribution >= 4 is 17.7 Å². The SMILES string of the molecule is CC(CCO)SC(C)CC(C)(NC1CC1)C(=O)O. The fourth-order valence-corrected chi connectivity index (χ4v) is 3.62. The number of rotatable bonds is 9. The van der Waals surface area contributed by atoms with Crippen LogP contribution in [0.25, 0.3) is 0 Å². The molecule has 1 aliphatic rings. The van der Waals surface area contributed by atoms with Gasteiger partial charge in [0.25, 0.3) is 0 Å². The van der Waals surface area contributed by atoms with Crippen LogP contribution in [0.2, 0.25) is 0 Å². The zero-order chi connectivity index (χ0) is 13.8. The minimum atomic E-state index is -0.827. The number of carboxylic acid groups (broad SMARTS) is 1. The lowest BCUT2D eigenvalue weighted by Gasteiger charge is -2.30. The Kier molecular flexibility index (Phi) is 5.95. The lowest BCUT2D eigenvalue weighted by Crippen LogP contribution is -2.52. The van der Waals surface area contributed by atoms with Gasteiger partial charge in [-0.05, 0) is 32.6 Å². The van der Waals surface area contributed by atoms with Crippen LogP contribution in [-0.2, 0) is 4.79 Å². The summed E-state index contributed by atoms with van der Waals surface area (Å²) in [6, 6.07) is 0.387. The van der Waals surface area contributed by atoms with Crippen molar-refractivity contribution in [2.24, 2.45) is 0 Å². The highest BCUT2D eigenvalue weighted by Crippen LogP contribution is 2.30. The summed E-state index contributed by atoms with van der Waals surface area (Å²) in [5, 5.41) is 22.1. The summed E-state index contributed by atoms with van der Waals surface area (Å²) >= 11 is 1.75. The predicted octanol–water partition coefficient (Wildman–Crippen LogP) is 1.86. The molecule has 1 saturated carbocycles. The molecule has 18 heavy (non-hydrogen) atoms. The summed E-state index contributed by atoms with van der Waals surface area (Å²) in [6.07, 6.45) is 3.55. The number of nitrogens with one attached hydrogen (secondary N) is 1. The first-order valence-corrected chi connectivity index (χ1v) is 7.59. The lowest BCUT2D eigenvalue weighted by molar-refractivity contribution is -0.144. The molecule has 5 heteroatoms. The first kappa shape index (κ1) is 15.8. The molecule has 3 atom stereocenters. The summed E-state index contributed by atoms with van der Waals surface area (Å²) in [5.41, 5.74) is -0.827. The quantitative estimate of drug-likeness (QED) is 0.599. The van der Waals surface area contributed by atoms with Gasteiger partial charge < -0.3 is 10.2 Å². The van der Waals surface area contributed by atoms with Crippen molar-refractivity contribution in [2.75, 3.05) is 6.61 Å². The monoisotopic (exact) mass is 275 g/mol. The Labute approximate surface area is 114 Å². The van der Waals surface area contributed by atoms with E-state index in [1.54, 1.807) is 18.7 Å². The zero-order valence-electron chi connectivity index (χ0n) is 11.5. The number of carboxylic acids is 1. The van der Waals surface area contributed by atoms with Gasteiger partial charge >= 0.3 is 5.97 Å². The fourth-order valence-electron chi connectivity index (χ4n) is 2.16. The van der Waals surface area contributed by atoms with Gasteiger partial charge in [-0.15, -0.1) is 0 Å². The van der Waals surface area contributed by atoms with Gasteiger partial charge in [0.1, 0.15) is 5.54 Å². The van der Waals surface area contributed by atoms with Crippen LogP contribution < -0.4 is 5.32 Å². The Hall–Kier alpha value is -0.260. The van der Waals surface area contributed by atoms with E-state index in [1.165, 1.54) is 0 Å². The van der Waals surface area contributed by atoms with Crippen molar-refractivity contribution in [3.63, 3.8) is 0 Å². The molecule has 3 N–H and O–H groups in total. The molecule has 1 aliphatic carbocycles. The first-order chi connectivity index (χ1) is 8.37. The summed E-state index contributed by atoms with van der Waals surface area (Å²) in [7, 11) is 0. The van der Waals surface area contributed by atoms with Crippen molar-refractivity contribution in [2.45, 2.75) is 68.5 Å². The fraction of sp³-hybridized carbons (Fsp3) is 0.923. The lowest BCUT2D eigenvalue weighted by atomic mass is 9.96. The molecule has 1 fully saturated rings. The third-order valence-corrected chi connectivity index (χ3v) is 4.60. The predicted molar refractivity (Wildman–Crippen MR) is 75.0 cm³/mol. The van der Waals surface area contributed by atoms with Gasteiger partial charge in [-0.3, -0.25) is 10.1 Å². The molecular weight excluding hydrogens is 250 g/mol. The Balaban J connectivity index is 2.46. The molecule has 0 amide bonds. The molecule has 0 saturated heterocycles. The molecule has 3 unspecified atom stereocenters. The van der Waals surface area contributed by atoms with Gasteiger partial charge in [-0.25, -0.2) is 0 Å². The Morgan fingerprint density at radius 1 is 1.44 bits per heavy atom. The van der Waals surface area contributed by atoms with E-state index in [2.05, 4.69) is 19.2 Å². The number of aliphatic hydroxyl groups excluding tert-OH is 1. The van der Waals surface area contributed by atoms with E-state index in [9.17, 15) is 9.90 Å². The second-order valence-electron chi connectivity index (χ2n) is 5.53. The third kappa shape index (κ3) is 5.16. The van der Waals surface area contributed by atoms with Crippen LogP contribution in [0, 0.1) is 0 Å². The number of aliphatic hydroxyl groups is 1. The highest BCUT2D eigenvalue weighted by molar-refractivity contribution is 8.00. The maximum absolute atomic E-state index is 11.4. The Bertz CT molecular complexity index is 283. The van der Waals surface area contributed by atoms with Crippen LogP contribution in [0.15, 0.2) is 0 Å². The van der Waals surface area contributed by atoms with Crippen LogP contribution in [0.1, 0.15) is 46.5 Å². The summed E-state index contributed by atoms with van der Waals surface area (Å²) < 4.78 is 0. The molecule has 4 nitrogen and oxygen atoms in total. The highest BCUT2D eigenvalue weighted by atomic mass is 32.2. The van der Waals surface area contributed by atoms with Gasteiger partial charge in [-0.2, -0.15) is 11.8 Å². The molecule has 0 radical (unpaired) electrons. The largest absolute Gasteiger partial charge is 0.480 e. The molecule has 0 heterocycles. The highest BCUT2D eigenvalue weighted by Gasteiger charge is 2.39. The molecule has 0 aromatic heterocycles. The van der Waals surface area contributed by atoms with E-state index in [1.807, 2.05) is 0 Å². The van der Waals surface area contributed by atoms with E-state index in [0.717, 1.165) is 19.3 Å². The van der Waals surface area contributed by atoms with Crippen LogP contribution in [0.5, 0.6) is 0 Å². The van der Waals surface area contributed by atoms with E-state index >= 15 is 0 Å². The van der Waals surface area contributed by atoms with Crippen molar-refractivity contribution < 1.29 is 15.0 Å². The zero-order valence-corrected chi connectivity index (χ0v) is 12.3. The van der Waals surface area contributed by atoms with Gasteiger partial charge in [-0.1, -0.05) is 13.8 Å². The second-order valence-corrected chi connectivity index (χ2v) is 7.41. The van der Waals surface area contributed by atoms with Crippen LogP contribution in [0.3, 0.4) is 0 Å². The molecule has 0 spiro atoms. The van der Waals surface area contributed by atoms with Crippen LogP contribution in [0.4, 0.5) is 0 Å². The Morgan fingerprint density at radius 2 is 2.06 bits per heavy atom. The van der Waals surface area contributed by atoms with Gasteiger partial charge in [0.05, 0.1) is 0 Å². The average molecular weight is 275 g/mol. The molecule has 106 valence electrons. The summed E-state index contributed by atoms with van der Waals surface area (Å²) in [4.78, 5) is 11.4. The molecule has 0 aromatic carbocycles. The smallest absolute Gasteiger partial charge is 0.323 e. The van der Waals surface area contributed by atoms with E-state index in [-0.39, 0.29) is 11.9 Å². The van der Waals surface area contributed by atoms with Crippen LogP contribution in [-0.4, -0.2) is 44.9 Å².